The minimum Gasteiger partial charge on any atom is -0.462 e. The molecule has 0 saturated heterocycles. The van der Waals surface area contributed by atoms with Crippen molar-refractivity contribution in [2.75, 3.05) is 6.61 Å². The quantitative estimate of drug-likeness (QED) is 0.181. The van der Waals surface area contributed by atoms with E-state index in [9.17, 15) is 4.79 Å². The standard InChI is InChI=1S/C27H46O2/c1-4-6-8-10-11-12-13-14-15-19-23-29-27(28)26-22-18-17-21-25(26)24(3)20-16-9-7-5-2/h17-18,21-22,24H,4-16,19-20,23H2,1-3H3. The fourth-order valence-corrected chi connectivity index (χ4v) is 3.98. The molecule has 1 atom stereocenters. The van der Waals surface area contributed by atoms with Crippen LogP contribution in [0.25, 0.3) is 0 Å². The minimum atomic E-state index is -0.142. The van der Waals surface area contributed by atoms with Crippen LogP contribution in [-0.4, -0.2) is 12.6 Å². The summed E-state index contributed by atoms with van der Waals surface area (Å²) >= 11 is 0. The van der Waals surface area contributed by atoms with Gasteiger partial charge in [-0.3, -0.25) is 0 Å². The van der Waals surface area contributed by atoms with Crippen molar-refractivity contribution in [3.63, 3.8) is 0 Å². The fraction of sp³-hybridized carbons (Fsp3) is 0.741. The van der Waals surface area contributed by atoms with Crippen LogP contribution in [0, 0.1) is 0 Å². The third kappa shape index (κ3) is 12.1. The summed E-state index contributed by atoms with van der Waals surface area (Å²) in [6.07, 6.45) is 19.2. The van der Waals surface area contributed by atoms with Gasteiger partial charge >= 0.3 is 5.97 Å². The lowest BCUT2D eigenvalue weighted by molar-refractivity contribution is 0.0495. The number of hydrogen-bond donors (Lipinski definition) is 0. The zero-order chi connectivity index (χ0) is 21.2. The molecule has 2 nitrogen and oxygen atoms in total. The predicted molar refractivity (Wildman–Crippen MR) is 126 cm³/mol. The Bertz CT molecular complexity index is 523. The third-order valence-corrected chi connectivity index (χ3v) is 5.93. The van der Waals surface area contributed by atoms with E-state index in [1.54, 1.807) is 0 Å². The maximum Gasteiger partial charge on any atom is 0.338 e. The molecule has 0 heterocycles. The first kappa shape index (κ1) is 25.7. The van der Waals surface area contributed by atoms with Crippen LogP contribution < -0.4 is 0 Å². The van der Waals surface area contributed by atoms with E-state index in [0.717, 1.165) is 30.4 Å². The first-order valence-corrected chi connectivity index (χ1v) is 12.5. The molecule has 0 spiro atoms. The van der Waals surface area contributed by atoms with Crippen LogP contribution >= 0.6 is 0 Å². The average molecular weight is 403 g/mol. The minimum absolute atomic E-state index is 0.142. The highest BCUT2D eigenvalue weighted by Gasteiger charge is 2.16. The maximum absolute atomic E-state index is 12.6. The molecule has 1 unspecified atom stereocenters. The molecule has 0 radical (unpaired) electrons. The highest BCUT2D eigenvalue weighted by atomic mass is 16.5. The first-order valence-electron chi connectivity index (χ1n) is 12.5. The molecule has 0 fully saturated rings. The van der Waals surface area contributed by atoms with E-state index < -0.39 is 0 Å². The summed E-state index contributed by atoms with van der Waals surface area (Å²) < 4.78 is 5.60. The number of carbonyl (C=O) groups excluding carboxylic acids is 1. The number of benzene rings is 1. The van der Waals surface area contributed by atoms with E-state index in [2.05, 4.69) is 26.8 Å². The zero-order valence-corrected chi connectivity index (χ0v) is 19.5. The molecule has 0 aliphatic carbocycles. The van der Waals surface area contributed by atoms with Crippen LogP contribution in [0.5, 0.6) is 0 Å². The lowest BCUT2D eigenvalue weighted by Gasteiger charge is -2.16. The van der Waals surface area contributed by atoms with Crippen molar-refractivity contribution in [1.82, 2.24) is 0 Å². The summed E-state index contributed by atoms with van der Waals surface area (Å²) in [7, 11) is 0. The highest BCUT2D eigenvalue weighted by molar-refractivity contribution is 5.91. The van der Waals surface area contributed by atoms with Crippen LogP contribution in [0.1, 0.15) is 139 Å². The Kier molecular flexibility index (Phi) is 15.6. The van der Waals surface area contributed by atoms with Crippen LogP contribution in [0.4, 0.5) is 0 Å². The Morgan fingerprint density at radius 1 is 0.759 bits per heavy atom. The summed E-state index contributed by atoms with van der Waals surface area (Å²) in [6, 6.07) is 8.02. The number of rotatable bonds is 18. The molecule has 0 N–H and O–H groups in total. The third-order valence-electron chi connectivity index (χ3n) is 5.93. The van der Waals surface area contributed by atoms with Gasteiger partial charge in [-0.05, 0) is 30.4 Å². The van der Waals surface area contributed by atoms with Gasteiger partial charge in [0.2, 0.25) is 0 Å². The largest absolute Gasteiger partial charge is 0.462 e. The van der Waals surface area contributed by atoms with Gasteiger partial charge in [-0.1, -0.05) is 122 Å². The molecular weight excluding hydrogens is 356 g/mol. The lowest BCUT2D eigenvalue weighted by Crippen LogP contribution is -2.11. The summed E-state index contributed by atoms with van der Waals surface area (Å²) in [5.74, 6) is 0.268. The normalized spacial score (nSPS) is 12.1. The molecule has 0 aromatic heterocycles. The zero-order valence-electron chi connectivity index (χ0n) is 19.5. The Hall–Kier alpha value is -1.31. The Balaban J connectivity index is 2.22. The topological polar surface area (TPSA) is 26.3 Å². The summed E-state index contributed by atoms with van der Waals surface area (Å²) in [5.41, 5.74) is 1.92. The highest BCUT2D eigenvalue weighted by Crippen LogP contribution is 2.26. The SMILES string of the molecule is CCCCCCCCCCCCOC(=O)c1ccccc1C(C)CCCCCC. The van der Waals surface area contributed by atoms with E-state index in [0.29, 0.717) is 12.5 Å². The maximum atomic E-state index is 12.6. The average Bonchev–Trinajstić information content (AvgIpc) is 2.74. The second-order valence-corrected chi connectivity index (χ2v) is 8.66. The Morgan fingerprint density at radius 3 is 1.90 bits per heavy atom. The molecule has 166 valence electrons. The fourth-order valence-electron chi connectivity index (χ4n) is 3.98. The molecule has 2 heteroatoms. The second kappa shape index (κ2) is 17.5. The van der Waals surface area contributed by atoms with Gasteiger partial charge in [0.1, 0.15) is 0 Å². The number of esters is 1. The van der Waals surface area contributed by atoms with Crippen molar-refractivity contribution in [3.05, 3.63) is 35.4 Å². The van der Waals surface area contributed by atoms with Gasteiger partial charge in [0.15, 0.2) is 0 Å². The van der Waals surface area contributed by atoms with Crippen molar-refractivity contribution < 1.29 is 9.53 Å². The van der Waals surface area contributed by atoms with Crippen molar-refractivity contribution in [2.45, 2.75) is 123 Å². The first-order chi connectivity index (χ1) is 14.2. The van der Waals surface area contributed by atoms with Gasteiger partial charge < -0.3 is 4.74 Å². The number of unbranched alkanes of at least 4 members (excludes halogenated alkanes) is 12. The molecular formula is C27H46O2. The molecule has 1 aromatic carbocycles. The predicted octanol–water partition coefficient (Wildman–Crippen LogP) is 8.84. The lowest BCUT2D eigenvalue weighted by atomic mass is 9.91. The number of hydrogen-bond acceptors (Lipinski definition) is 2. The molecule has 1 rings (SSSR count). The monoisotopic (exact) mass is 402 g/mol. The number of carbonyl (C=O) groups is 1. The summed E-state index contributed by atoms with van der Waals surface area (Å²) in [6.45, 7) is 7.29. The van der Waals surface area contributed by atoms with Gasteiger partial charge in [0.25, 0.3) is 0 Å². The molecule has 0 aliphatic heterocycles. The molecule has 0 amide bonds. The van der Waals surface area contributed by atoms with E-state index >= 15 is 0 Å². The molecule has 0 aliphatic rings. The van der Waals surface area contributed by atoms with Crippen molar-refractivity contribution in [2.24, 2.45) is 0 Å². The van der Waals surface area contributed by atoms with Gasteiger partial charge in [-0.25, -0.2) is 4.79 Å². The van der Waals surface area contributed by atoms with Gasteiger partial charge in [0, 0.05) is 0 Å². The van der Waals surface area contributed by atoms with Gasteiger partial charge in [-0.2, -0.15) is 0 Å². The Labute approximate surface area is 180 Å². The van der Waals surface area contributed by atoms with Crippen LogP contribution in [0.15, 0.2) is 24.3 Å². The van der Waals surface area contributed by atoms with Crippen molar-refractivity contribution in [3.8, 4) is 0 Å². The van der Waals surface area contributed by atoms with E-state index in [-0.39, 0.29) is 5.97 Å². The van der Waals surface area contributed by atoms with Crippen molar-refractivity contribution in [1.29, 1.82) is 0 Å². The van der Waals surface area contributed by atoms with Gasteiger partial charge in [-0.15, -0.1) is 0 Å². The second-order valence-electron chi connectivity index (χ2n) is 8.66. The summed E-state index contributed by atoms with van der Waals surface area (Å²) in [4.78, 5) is 12.6. The molecule has 29 heavy (non-hydrogen) atoms. The Morgan fingerprint density at radius 2 is 1.28 bits per heavy atom. The van der Waals surface area contributed by atoms with Gasteiger partial charge in [0.05, 0.1) is 12.2 Å². The molecule has 0 saturated carbocycles. The van der Waals surface area contributed by atoms with Crippen LogP contribution in [-0.2, 0) is 4.74 Å². The molecule has 1 aromatic rings. The van der Waals surface area contributed by atoms with E-state index in [4.69, 9.17) is 4.74 Å². The summed E-state index contributed by atoms with van der Waals surface area (Å²) in [5, 5.41) is 0. The smallest absolute Gasteiger partial charge is 0.338 e. The van der Waals surface area contributed by atoms with Crippen LogP contribution in [0.3, 0.4) is 0 Å². The number of ether oxygens (including phenoxy) is 1. The van der Waals surface area contributed by atoms with E-state index in [1.807, 2.05) is 18.2 Å². The van der Waals surface area contributed by atoms with E-state index in [1.165, 1.54) is 77.0 Å². The van der Waals surface area contributed by atoms with Crippen LogP contribution in [0.2, 0.25) is 0 Å². The van der Waals surface area contributed by atoms with Crippen molar-refractivity contribution >= 4 is 5.97 Å². The molecule has 0 bridgehead atoms.